The van der Waals surface area contributed by atoms with Crippen molar-refractivity contribution in [1.29, 1.82) is 0 Å². The number of nitrogens with two attached hydrogens (primary N) is 1. The monoisotopic (exact) mass is 326 g/mol. The zero-order chi connectivity index (χ0) is 15.7. The number of rotatable bonds is 4. The van der Waals surface area contributed by atoms with Gasteiger partial charge in [0, 0.05) is 18.7 Å². The van der Waals surface area contributed by atoms with Crippen LogP contribution in [0.25, 0.3) is 0 Å². The third-order valence-electron chi connectivity index (χ3n) is 4.54. The molecule has 1 aromatic rings. The summed E-state index contributed by atoms with van der Waals surface area (Å²) in [6.45, 7) is 5.54. The summed E-state index contributed by atoms with van der Waals surface area (Å²) in [5, 5.41) is 0. The van der Waals surface area contributed by atoms with E-state index in [1.807, 2.05) is 0 Å². The molecular formula is C15H22N2O2S2. The Labute approximate surface area is 132 Å². The van der Waals surface area contributed by atoms with E-state index in [4.69, 9.17) is 18.0 Å². The maximum Gasteiger partial charge on any atom is 0.243 e. The molecule has 0 saturated carbocycles. The number of nitrogens with zero attached hydrogens (tertiary/aromatic N) is 1. The Morgan fingerprint density at radius 2 is 2.00 bits per heavy atom. The van der Waals surface area contributed by atoms with Gasteiger partial charge < -0.3 is 5.73 Å². The van der Waals surface area contributed by atoms with Gasteiger partial charge in [-0.2, -0.15) is 4.31 Å². The number of piperidine rings is 1. The number of thiocarbonyl (C=S) groups is 1. The van der Waals surface area contributed by atoms with Crippen LogP contribution < -0.4 is 5.73 Å². The first-order valence-electron chi connectivity index (χ1n) is 7.18. The van der Waals surface area contributed by atoms with Crippen molar-refractivity contribution in [1.82, 2.24) is 4.31 Å². The Morgan fingerprint density at radius 3 is 2.52 bits per heavy atom. The molecule has 0 aliphatic carbocycles. The molecule has 1 saturated heterocycles. The first kappa shape index (κ1) is 16.4. The van der Waals surface area contributed by atoms with Crippen molar-refractivity contribution in [2.45, 2.75) is 38.0 Å². The van der Waals surface area contributed by atoms with Gasteiger partial charge in [-0.15, -0.1) is 0 Å². The predicted molar refractivity (Wildman–Crippen MR) is 88.7 cm³/mol. The van der Waals surface area contributed by atoms with Gasteiger partial charge in [-0.25, -0.2) is 8.42 Å². The van der Waals surface area contributed by atoms with E-state index in [1.165, 1.54) is 0 Å². The highest BCUT2D eigenvalue weighted by Crippen LogP contribution is 2.35. The Kier molecular flexibility index (Phi) is 4.70. The van der Waals surface area contributed by atoms with Crippen molar-refractivity contribution in [3.05, 3.63) is 29.8 Å². The molecule has 6 heteroatoms. The van der Waals surface area contributed by atoms with Crippen LogP contribution in [0.3, 0.4) is 0 Å². The quantitative estimate of drug-likeness (QED) is 0.864. The summed E-state index contributed by atoms with van der Waals surface area (Å²) in [6, 6.07) is 6.57. The number of benzene rings is 1. The van der Waals surface area contributed by atoms with Crippen molar-refractivity contribution in [2.24, 2.45) is 11.1 Å². The SMILES string of the molecule is CCC1(C)CCN(S(=O)(=O)c2cccc(C(N)=S)c2)CC1. The van der Waals surface area contributed by atoms with Gasteiger partial charge in [-0.3, -0.25) is 0 Å². The summed E-state index contributed by atoms with van der Waals surface area (Å²) >= 11 is 4.92. The molecule has 2 rings (SSSR count). The van der Waals surface area contributed by atoms with E-state index >= 15 is 0 Å². The lowest BCUT2D eigenvalue weighted by Gasteiger charge is -2.38. The summed E-state index contributed by atoms with van der Waals surface area (Å²) in [6.07, 6.45) is 2.88. The summed E-state index contributed by atoms with van der Waals surface area (Å²) in [4.78, 5) is 0.483. The molecule has 2 N–H and O–H groups in total. The van der Waals surface area contributed by atoms with E-state index in [0.29, 0.717) is 18.7 Å². The Morgan fingerprint density at radius 1 is 1.38 bits per heavy atom. The fraction of sp³-hybridized carbons (Fsp3) is 0.533. The zero-order valence-electron chi connectivity index (χ0n) is 12.5. The van der Waals surface area contributed by atoms with Gasteiger partial charge in [0.2, 0.25) is 10.0 Å². The minimum Gasteiger partial charge on any atom is -0.389 e. The van der Waals surface area contributed by atoms with Gasteiger partial charge in [0.25, 0.3) is 0 Å². The topological polar surface area (TPSA) is 63.4 Å². The van der Waals surface area contributed by atoms with E-state index in [0.717, 1.165) is 19.3 Å². The minimum atomic E-state index is -3.46. The van der Waals surface area contributed by atoms with Crippen LogP contribution in [0.4, 0.5) is 0 Å². The van der Waals surface area contributed by atoms with E-state index in [2.05, 4.69) is 13.8 Å². The Hall–Kier alpha value is -0.980. The molecular weight excluding hydrogens is 304 g/mol. The molecule has 1 aliphatic rings. The second kappa shape index (κ2) is 6.02. The molecule has 0 atom stereocenters. The van der Waals surface area contributed by atoms with Crippen LogP contribution in [0, 0.1) is 5.41 Å². The lowest BCUT2D eigenvalue weighted by atomic mass is 9.79. The number of hydrogen-bond acceptors (Lipinski definition) is 3. The van der Waals surface area contributed by atoms with Gasteiger partial charge in [0.15, 0.2) is 0 Å². The molecule has 0 spiro atoms. The van der Waals surface area contributed by atoms with Crippen LogP contribution in [0.2, 0.25) is 0 Å². The van der Waals surface area contributed by atoms with Crippen LogP contribution in [-0.4, -0.2) is 30.8 Å². The first-order chi connectivity index (χ1) is 9.78. The van der Waals surface area contributed by atoms with Gasteiger partial charge >= 0.3 is 0 Å². The molecule has 0 aromatic heterocycles. The van der Waals surface area contributed by atoms with E-state index in [1.54, 1.807) is 28.6 Å². The Balaban J connectivity index is 2.23. The Bertz CT molecular complexity index is 633. The van der Waals surface area contributed by atoms with E-state index < -0.39 is 10.0 Å². The molecule has 1 heterocycles. The highest BCUT2D eigenvalue weighted by Gasteiger charge is 2.34. The van der Waals surface area contributed by atoms with Crippen LogP contribution in [0.1, 0.15) is 38.7 Å². The molecule has 1 aliphatic heterocycles. The predicted octanol–water partition coefficient (Wildman–Crippen LogP) is 2.52. The third kappa shape index (κ3) is 3.44. The molecule has 21 heavy (non-hydrogen) atoms. The fourth-order valence-corrected chi connectivity index (χ4v) is 4.19. The zero-order valence-corrected chi connectivity index (χ0v) is 14.1. The fourth-order valence-electron chi connectivity index (χ4n) is 2.58. The highest BCUT2D eigenvalue weighted by atomic mass is 32.2. The molecule has 0 bridgehead atoms. The maximum atomic E-state index is 12.7. The molecule has 1 fully saturated rings. The molecule has 0 unspecified atom stereocenters. The van der Waals surface area contributed by atoms with Crippen LogP contribution in [0.15, 0.2) is 29.2 Å². The molecule has 0 amide bonds. The molecule has 116 valence electrons. The van der Waals surface area contributed by atoms with E-state index in [9.17, 15) is 8.42 Å². The maximum absolute atomic E-state index is 12.7. The lowest BCUT2D eigenvalue weighted by molar-refractivity contribution is 0.169. The van der Waals surface area contributed by atoms with Crippen molar-refractivity contribution in [3.8, 4) is 0 Å². The van der Waals surface area contributed by atoms with Crippen LogP contribution in [-0.2, 0) is 10.0 Å². The van der Waals surface area contributed by atoms with Crippen molar-refractivity contribution < 1.29 is 8.42 Å². The van der Waals surface area contributed by atoms with Crippen molar-refractivity contribution in [3.63, 3.8) is 0 Å². The number of hydrogen-bond donors (Lipinski definition) is 1. The minimum absolute atomic E-state index is 0.212. The first-order valence-corrected chi connectivity index (χ1v) is 9.03. The van der Waals surface area contributed by atoms with Gasteiger partial charge in [0.1, 0.15) is 4.99 Å². The summed E-state index contributed by atoms with van der Waals surface area (Å²) < 4.78 is 27.0. The second-order valence-electron chi connectivity index (χ2n) is 5.96. The van der Waals surface area contributed by atoms with Gasteiger partial charge in [-0.1, -0.05) is 44.6 Å². The highest BCUT2D eigenvalue weighted by molar-refractivity contribution is 7.89. The lowest BCUT2D eigenvalue weighted by Crippen LogP contribution is -2.41. The third-order valence-corrected chi connectivity index (χ3v) is 6.67. The van der Waals surface area contributed by atoms with E-state index in [-0.39, 0.29) is 15.3 Å². The molecule has 0 radical (unpaired) electrons. The number of sulfonamides is 1. The largest absolute Gasteiger partial charge is 0.389 e. The normalized spacial score (nSPS) is 19.3. The van der Waals surface area contributed by atoms with Gasteiger partial charge in [0.05, 0.1) is 4.90 Å². The van der Waals surface area contributed by atoms with Crippen molar-refractivity contribution >= 4 is 27.2 Å². The van der Waals surface area contributed by atoms with Gasteiger partial charge in [-0.05, 0) is 30.4 Å². The second-order valence-corrected chi connectivity index (χ2v) is 8.34. The average Bonchev–Trinajstić information content (AvgIpc) is 2.48. The van der Waals surface area contributed by atoms with Crippen LogP contribution in [0.5, 0.6) is 0 Å². The summed E-state index contributed by atoms with van der Waals surface area (Å²) in [7, 11) is -3.46. The summed E-state index contributed by atoms with van der Waals surface area (Å²) in [5.74, 6) is 0. The summed E-state index contributed by atoms with van der Waals surface area (Å²) in [5.41, 5.74) is 6.42. The van der Waals surface area contributed by atoms with Crippen LogP contribution >= 0.6 is 12.2 Å². The average molecular weight is 326 g/mol. The van der Waals surface area contributed by atoms with Crippen molar-refractivity contribution in [2.75, 3.05) is 13.1 Å². The molecule has 4 nitrogen and oxygen atoms in total. The smallest absolute Gasteiger partial charge is 0.243 e. The molecule has 1 aromatic carbocycles. The standard InChI is InChI=1S/C15H22N2O2S2/c1-3-15(2)7-9-17(10-8-15)21(18,19)13-6-4-5-12(11-13)14(16)20/h4-6,11H,3,7-10H2,1-2H3,(H2,16,20).